The molecule has 128 valence electrons. The van der Waals surface area contributed by atoms with E-state index in [1.165, 1.54) is 0 Å². The summed E-state index contributed by atoms with van der Waals surface area (Å²) in [5.74, 6) is 8.56. The van der Waals surface area contributed by atoms with E-state index in [2.05, 4.69) is 61.6 Å². The van der Waals surface area contributed by atoms with Crippen LogP contribution in [0.4, 0.5) is 0 Å². The van der Waals surface area contributed by atoms with Crippen molar-refractivity contribution < 1.29 is 4.43 Å². The van der Waals surface area contributed by atoms with Crippen LogP contribution >= 0.6 is 0 Å². The molecule has 0 aliphatic rings. The van der Waals surface area contributed by atoms with Gasteiger partial charge >= 0.3 is 0 Å². The van der Waals surface area contributed by atoms with Crippen molar-refractivity contribution in [2.24, 2.45) is 0 Å². The molecule has 2 rings (SSSR count). The van der Waals surface area contributed by atoms with Gasteiger partial charge < -0.3 is 4.43 Å². The minimum Gasteiger partial charge on any atom is -0.411 e. The lowest BCUT2D eigenvalue weighted by molar-refractivity contribution is 0.272. The first-order chi connectivity index (χ1) is 11.7. The fourth-order valence-electron chi connectivity index (χ4n) is 1.81. The second-order valence-electron chi connectivity index (χ2n) is 7.37. The van der Waals surface area contributed by atoms with Gasteiger partial charge in [0.2, 0.25) is 0 Å². The summed E-state index contributed by atoms with van der Waals surface area (Å²) in [5, 5.41) is 0.179. The minimum atomic E-state index is -1.79. The molecule has 0 saturated carbocycles. The number of nitrogens with zero attached hydrogens (tertiary/aromatic N) is 2. The molecule has 0 amide bonds. The van der Waals surface area contributed by atoms with E-state index in [-0.39, 0.29) is 5.04 Å². The number of terminal acetylenes is 1. The van der Waals surface area contributed by atoms with E-state index in [1.807, 2.05) is 30.3 Å². The fraction of sp³-hybridized carbons (Fsp3) is 0.333. The topological polar surface area (TPSA) is 35.0 Å². The van der Waals surface area contributed by atoms with Crippen LogP contribution in [0.15, 0.2) is 36.4 Å². The SMILES string of the molecule is C#Cc1cccc(C#Cc2cccc(CO[Si](C)(C)C(C)(C)C)n2)n1. The molecule has 0 aliphatic heterocycles. The van der Waals surface area contributed by atoms with Crippen molar-refractivity contribution in [3.8, 4) is 24.2 Å². The highest BCUT2D eigenvalue weighted by atomic mass is 28.4. The molecule has 0 bridgehead atoms. The maximum atomic E-state index is 6.22. The summed E-state index contributed by atoms with van der Waals surface area (Å²) >= 11 is 0. The molecule has 0 aromatic carbocycles. The summed E-state index contributed by atoms with van der Waals surface area (Å²) in [6.07, 6.45) is 5.36. The zero-order chi connectivity index (χ0) is 18.5. The molecule has 2 aromatic heterocycles. The van der Waals surface area contributed by atoms with Gasteiger partial charge in [-0.1, -0.05) is 38.8 Å². The highest BCUT2D eigenvalue weighted by Gasteiger charge is 2.37. The van der Waals surface area contributed by atoms with Gasteiger partial charge in [0, 0.05) is 0 Å². The number of pyridine rings is 2. The lowest BCUT2D eigenvalue weighted by Gasteiger charge is -2.36. The average molecular weight is 349 g/mol. The summed E-state index contributed by atoms with van der Waals surface area (Å²) in [6, 6.07) is 11.3. The van der Waals surface area contributed by atoms with E-state index in [0.717, 1.165) is 5.69 Å². The Morgan fingerprint density at radius 1 is 0.960 bits per heavy atom. The Bertz CT molecular complexity index is 848. The predicted octanol–water partition coefficient (Wildman–Crippen LogP) is 4.38. The average Bonchev–Trinajstić information content (AvgIpc) is 2.58. The van der Waals surface area contributed by atoms with Crippen molar-refractivity contribution in [1.29, 1.82) is 0 Å². The lowest BCUT2D eigenvalue weighted by Crippen LogP contribution is -2.40. The van der Waals surface area contributed by atoms with E-state index in [4.69, 9.17) is 10.8 Å². The second kappa shape index (κ2) is 7.65. The monoisotopic (exact) mass is 348 g/mol. The number of aromatic nitrogens is 2. The molecule has 0 spiro atoms. The fourth-order valence-corrected chi connectivity index (χ4v) is 2.75. The van der Waals surface area contributed by atoms with E-state index in [9.17, 15) is 0 Å². The van der Waals surface area contributed by atoms with Crippen molar-refractivity contribution in [2.75, 3.05) is 0 Å². The van der Waals surface area contributed by atoms with Gasteiger partial charge in [-0.15, -0.1) is 6.42 Å². The molecule has 2 heterocycles. The van der Waals surface area contributed by atoms with Gasteiger partial charge in [0.25, 0.3) is 0 Å². The minimum absolute atomic E-state index is 0.179. The molecule has 25 heavy (non-hydrogen) atoms. The Labute approximate surface area is 152 Å². The molecule has 0 atom stereocenters. The summed E-state index contributed by atoms with van der Waals surface area (Å²) in [6.45, 7) is 11.7. The van der Waals surface area contributed by atoms with E-state index in [1.54, 1.807) is 6.07 Å². The molecule has 2 aromatic rings. The van der Waals surface area contributed by atoms with Crippen LogP contribution in [0.5, 0.6) is 0 Å². The van der Waals surface area contributed by atoms with Crippen LogP contribution in [0.1, 0.15) is 43.5 Å². The Morgan fingerprint density at radius 3 is 2.12 bits per heavy atom. The lowest BCUT2D eigenvalue weighted by atomic mass is 10.2. The first-order valence-electron chi connectivity index (χ1n) is 8.27. The van der Waals surface area contributed by atoms with Crippen LogP contribution in [0.25, 0.3) is 0 Å². The molecule has 3 nitrogen and oxygen atoms in total. The first-order valence-corrected chi connectivity index (χ1v) is 11.2. The van der Waals surface area contributed by atoms with Gasteiger partial charge in [0.15, 0.2) is 8.32 Å². The second-order valence-corrected chi connectivity index (χ2v) is 12.2. The van der Waals surface area contributed by atoms with Crippen molar-refractivity contribution >= 4 is 8.32 Å². The predicted molar refractivity (Wildman–Crippen MR) is 104 cm³/mol. The third kappa shape index (κ3) is 5.29. The summed E-state index contributed by atoms with van der Waals surface area (Å²) in [4.78, 5) is 8.84. The first kappa shape index (κ1) is 18.9. The maximum absolute atomic E-state index is 6.22. The van der Waals surface area contributed by atoms with Gasteiger partial charge in [0.05, 0.1) is 12.3 Å². The molecule has 0 N–H and O–H groups in total. The highest BCUT2D eigenvalue weighted by molar-refractivity contribution is 6.74. The normalized spacial score (nSPS) is 11.4. The van der Waals surface area contributed by atoms with Crippen molar-refractivity contribution in [3.05, 3.63) is 59.2 Å². The third-order valence-corrected chi connectivity index (χ3v) is 8.89. The van der Waals surface area contributed by atoms with E-state index >= 15 is 0 Å². The summed E-state index contributed by atoms with van der Waals surface area (Å²) in [7, 11) is -1.79. The van der Waals surface area contributed by atoms with Crippen LogP contribution < -0.4 is 0 Å². The Kier molecular flexibility index (Phi) is 5.80. The Morgan fingerprint density at radius 2 is 1.52 bits per heavy atom. The van der Waals surface area contributed by atoms with E-state index in [0.29, 0.717) is 23.7 Å². The van der Waals surface area contributed by atoms with Gasteiger partial charge in [-0.05, 0) is 54.2 Å². The third-order valence-electron chi connectivity index (χ3n) is 4.41. The van der Waals surface area contributed by atoms with Crippen molar-refractivity contribution in [2.45, 2.75) is 45.5 Å². The molecule has 0 saturated heterocycles. The van der Waals surface area contributed by atoms with Crippen molar-refractivity contribution in [3.63, 3.8) is 0 Å². The van der Waals surface area contributed by atoms with Gasteiger partial charge in [-0.2, -0.15) is 0 Å². The summed E-state index contributed by atoms with van der Waals surface area (Å²) < 4.78 is 6.22. The maximum Gasteiger partial charge on any atom is 0.192 e. The van der Waals surface area contributed by atoms with Crippen LogP contribution in [0.3, 0.4) is 0 Å². The molecule has 0 fully saturated rings. The Balaban J connectivity index is 2.12. The largest absolute Gasteiger partial charge is 0.411 e. The Hall–Kier alpha value is -2.40. The molecule has 0 aliphatic carbocycles. The van der Waals surface area contributed by atoms with Gasteiger partial charge in [-0.25, -0.2) is 9.97 Å². The van der Waals surface area contributed by atoms with Gasteiger partial charge in [-0.3, -0.25) is 0 Å². The molecular weight excluding hydrogens is 324 g/mol. The van der Waals surface area contributed by atoms with Crippen LogP contribution in [-0.2, 0) is 11.0 Å². The van der Waals surface area contributed by atoms with Crippen LogP contribution in [-0.4, -0.2) is 18.3 Å². The van der Waals surface area contributed by atoms with Gasteiger partial charge in [0.1, 0.15) is 17.1 Å². The van der Waals surface area contributed by atoms with Crippen molar-refractivity contribution in [1.82, 2.24) is 9.97 Å². The number of hydrogen-bond acceptors (Lipinski definition) is 3. The number of hydrogen-bond donors (Lipinski definition) is 0. The standard InChI is InChI=1S/C21H24N2OSi/c1-7-17-10-8-11-18(22-17)14-15-19-12-9-13-20(23-19)16-24-25(5,6)21(2,3)4/h1,8-13H,16H2,2-6H3. The smallest absolute Gasteiger partial charge is 0.192 e. The molecule has 0 radical (unpaired) electrons. The van der Waals surface area contributed by atoms with Crippen LogP contribution in [0, 0.1) is 24.2 Å². The molecular formula is C21H24N2OSi. The zero-order valence-corrected chi connectivity index (χ0v) is 16.6. The number of rotatable bonds is 3. The molecule has 0 unspecified atom stereocenters. The summed E-state index contributed by atoms with van der Waals surface area (Å²) in [5.41, 5.74) is 2.81. The van der Waals surface area contributed by atoms with Crippen LogP contribution in [0.2, 0.25) is 18.1 Å². The quantitative estimate of drug-likeness (QED) is 0.610. The molecule has 4 heteroatoms. The van der Waals surface area contributed by atoms with E-state index < -0.39 is 8.32 Å². The zero-order valence-electron chi connectivity index (χ0n) is 15.6. The highest BCUT2D eigenvalue weighted by Crippen LogP contribution is 2.36.